The highest BCUT2D eigenvalue weighted by Gasteiger charge is 2.18. The fraction of sp³-hybridized carbons (Fsp3) is 0.235. The van der Waals surface area contributed by atoms with Gasteiger partial charge in [0.25, 0.3) is 0 Å². The van der Waals surface area contributed by atoms with Crippen LogP contribution >= 0.6 is 0 Å². The van der Waals surface area contributed by atoms with Crippen LogP contribution in [0.4, 0.5) is 0 Å². The SMILES string of the molecule is Cc1cc(C)c(C(=Cc2ccccc2C)c2c(C)cc(C)cc2C)c(C)c1.Cc1cc(C)c(C(=Cc2ccccc2C)c2c(C)cc(C)cc2C)c(C)c1.Cc1ccc(-c2ccc(C)cc2)cc1. The first-order valence-electron chi connectivity index (χ1n) is 24.3. The summed E-state index contributed by atoms with van der Waals surface area (Å²) in [5.74, 6) is 0. The second-order valence-corrected chi connectivity index (χ2v) is 19.7. The molecule has 0 nitrogen and oxygen atoms in total. The molecule has 8 rings (SSSR count). The Morgan fingerprint density at radius 2 is 0.456 bits per heavy atom. The molecule has 0 spiro atoms. The smallest absolute Gasteiger partial charge is 0.00947 e. The summed E-state index contributed by atoms with van der Waals surface area (Å²) in [7, 11) is 0. The summed E-state index contributed by atoms with van der Waals surface area (Å²) in [5.41, 5.74) is 34.5. The molecule has 0 heteroatoms. The van der Waals surface area contributed by atoms with Gasteiger partial charge in [0, 0.05) is 0 Å². The van der Waals surface area contributed by atoms with Gasteiger partial charge in [0.2, 0.25) is 0 Å². The molecule has 68 heavy (non-hydrogen) atoms. The maximum absolute atomic E-state index is 2.38. The maximum atomic E-state index is 2.38. The van der Waals surface area contributed by atoms with Gasteiger partial charge in [-0.2, -0.15) is 0 Å². The molecule has 0 atom stereocenters. The van der Waals surface area contributed by atoms with Gasteiger partial charge in [-0.1, -0.05) is 179 Å². The molecule has 346 valence electrons. The molecule has 0 unspecified atom stereocenters. The van der Waals surface area contributed by atoms with Crippen LogP contribution in [0.5, 0.6) is 0 Å². The van der Waals surface area contributed by atoms with Gasteiger partial charge in [0.15, 0.2) is 0 Å². The highest BCUT2D eigenvalue weighted by Crippen LogP contribution is 2.38. The van der Waals surface area contributed by atoms with Crippen LogP contribution in [-0.2, 0) is 0 Å². The van der Waals surface area contributed by atoms with Crippen LogP contribution in [0.15, 0.2) is 146 Å². The zero-order valence-corrected chi connectivity index (χ0v) is 44.0. The lowest BCUT2D eigenvalue weighted by Crippen LogP contribution is -2.01. The van der Waals surface area contributed by atoms with E-state index in [0.29, 0.717) is 0 Å². The minimum absolute atomic E-state index is 1.28. The molecule has 0 N–H and O–H groups in total. The van der Waals surface area contributed by atoms with Gasteiger partial charge in [0.1, 0.15) is 0 Å². The average Bonchev–Trinajstić information content (AvgIpc) is 3.25. The summed E-state index contributed by atoms with van der Waals surface area (Å²) in [4.78, 5) is 0. The molecule has 0 aliphatic carbocycles. The number of aryl methyl sites for hydroxylation is 16. The quantitative estimate of drug-likeness (QED) is 0.140. The van der Waals surface area contributed by atoms with Crippen molar-refractivity contribution in [1.82, 2.24) is 0 Å². The molecule has 8 aromatic carbocycles. The van der Waals surface area contributed by atoms with Gasteiger partial charge in [0.05, 0.1) is 0 Å². The summed E-state index contributed by atoms with van der Waals surface area (Å²) < 4.78 is 0. The van der Waals surface area contributed by atoms with Gasteiger partial charge in [-0.15, -0.1) is 0 Å². The van der Waals surface area contributed by atoms with E-state index in [4.69, 9.17) is 0 Å². The molecule has 0 amide bonds. The summed E-state index contributed by atoms with van der Waals surface area (Å²) in [6.45, 7) is 35.2. The minimum Gasteiger partial charge on any atom is -0.0620 e. The van der Waals surface area contributed by atoms with Crippen LogP contribution in [0.2, 0.25) is 0 Å². The Morgan fingerprint density at radius 1 is 0.235 bits per heavy atom. The predicted molar refractivity (Wildman–Crippen MR) is 300 cm³/mol. The number of benzene rings is 8. The van der Waals surface area contributed by atoms with Crippen LogP contribution < -0.4 is 0 Å². The summed E-state index contributed by atoms with van der Waals surface area (Å²) >= 11 is 0. The highest BCUT2D eigenvalue weighted by atomic mass is 14.2. The van der Waals surface area contributed by atoms with Crippen LogP contribution in [-0.4, -0.2) is 0 Å². The molecule has 0 aliphatic rings. The lowest BCUT2D eigenvalue weighted by atomic mass is 9.84. The molecule has 0 fully saturated rings. The normalized spacial score (nSPS) is 10.6. The Bertz CT molecular complexity index is 2700. The molecule has 0 heterocycles. The largest absolute Gasteiger partial charge is 0.0620 e. The van der Waals surface area contributed by atoms with Crippen LogP contribution in [0, 0.1) is 111 Å². The molecular formula is C68H74. The van der Waals surface area contributed by atoms with Crippen molar-refractivity contribution in [2.45, 2.75) is 111 Å². The number of hydrogen-bond donors (Lipinski definition) is 0. The van der Waals surface area contributed by atoms with E-state index in [1.54, 1.807) is 0 Å². The predicted octanol–water partition coefficient (Wildman–Crippen LogP) is 18.8. The van der Waals surface area contributed by atoms with Gasteiger partial charge in [-0.05, 0) is 234 Å². The Kier molecular flexibility index (Phi) is 16.7. The van der Waals surface area contributed by atoms with Crippen LogP contribution in [0.3, 0.4) is 0 Å². The van der Waals surface area contributed by atoms with Crippen molar-refractivity contribution >= 4 is 23.3 Å². The molecule has 0 aromatic heterocycles. The summed E-state index contributed by atoms with van der Waals surface area (Å²) in [6.07, 6.45) is 4.76. The maximum Gasteiger partial charge on any atom is -0.00947 e. The Morgan fingerprint density at radius 3 is 0.676 bits per heavy atom. The molecule has 0 aliphatic heterocycles. The first-order valence-corrected chi connectivity index (χ1v) is 24.3. The molecule has 0 saturated heterocycles. The van der Waals surface area contributed by atoms with Gasteiger partial charge in [-0.25, -0.2) is 0 Å². The van der Waals surface area contributed by atoms with E-state index in [2.05, 4.69) is 269 Å². The van der Waals surface area contributed by atoms with Crippen molar-refractivity contribution in [3.8, 4) is 11.1 Å². The van der Waals surface area contributed by atoms with Crippen LogP contribution in [0.25, 0.3) is 34.4 Å². The third-order valence-corrected chi connectivity index (χ3v) is 13.2. The number of rotatable bonds is 7. The summed E-state index contributed by atoms with van der Waals surface area (Å²) in [5, 5.41) is 0. The van der Waals surface area contributed by atoms with E-state index < -0.39 is 0 Å². The van der Waals surface area contributed by atoms with E-state index in [1.165, 1.54) is 145 Å². The van der Waals surface area contributed by atoms with Crippen LogP contribution in [0.1, 0.15) is 122 Å². The monoisotopic (exact) mass is 891 g/mol. The van der Waals surface area contributed by atoms with Crippen molar-refractivity contribution in [3.05, 3.63) is 268 Å². The van der Waals surface area contributed by atoms with Crippen molar-refractivity contribution in [1.29, 1.82) is 0 Å². The highest BCUT2D eigenvalue weighted by molar-refractivity contribution is 5.97. The molecular weight excluding hydrogens is 817 g/mol. The van der Waals surface area contributed by atoms with Gasteiger partial charge in [-0.3, -0.25) is 0 Å². The van der Waals surface area contributed by atoms with Crippen molar-refractivity contribution in [2.75, 3.05) is 0 Å². The first kappa shape index (κ1) is 50.6. The third kappa shape index (κ3) is 12.4. The Hall–Kier alpha value is -6.76. The fourth-order valence-electron chi connectivity index (χ4n) is 10.3. The van der Waals surface area contributed by atoms with E-state index in [9.17, 15) is 0 Å². The zero-order valence-electron chi connectivity index (χ0n) is 44.0. The molecule has 0 radical (unpaired) electrons. The fourth-order valence-corrected chi connectivity index (χ4v) is 10.3. The minimum atomic E-state index is 1.28. The first-order chi connectivity index (χ1) is 32.3. The second kappa shape index (κ2) is 22.4. The Balaban J connectivity index is 0.000000176. The van der Waals surface area contributed by atoms with Crippen molar-refractivity contribution in [3.63, 3.8) is 0 Å². The van der Waals surface area contributed by atoms with Gasteiger partial charge >= 0.3 is 0 Å². The summed E-state index contributed by atoms with van der Waals surface area (Å²) in [6, 6.07) is 52.9. The van der Waals surface area contributed by atoms with E-state index in [1.807, 2.05) is 0 Å². The average molecular weight is 891 g/mol. The lowest BCUT2D eigenvalue weighted by Gasteiger charge is -2.20. The standard InChI is InChI=1S/2C27H30.C14H14/c2*1-17-12-20(4)26(21(5)13-17)25(16-24-11-9-8-10-19(24)3)27-22(6)14-18(2)15-23(27)7;1-11-3-7-13(8-4-11)14-9-5-12(2)6-10-14/h2*8-16H,1-7H3;3-10H,1-2H3. The lowest BCUT2D eigenvalue weighted by molar-refractivity contribution is 1.25. The van der Waals surface area contributed by atoms with E-state index >= 15 is 0 Å². The zero-order chi connectivity index (χ0) is 49.4. The Labute approximate surface area is 411 Å². The van der Waals surface area contributed by atoms with E-state index in [-0.39, 0.29) is 0 Å². The molecule has 0 saturated carbocycles. The number of hydrogen-bond acceptors (Lipinski definition) is 0. The second-order valence-electron chi connectivity index (χ2n) is 19.7. The van der Waals surface area contributed by atoms with Gasteiger partial charge < -0.3 is 0 Å². The van der Waals surface area contributed by atoms with Crippen molar-refractivity contribution in [2.24, 2.45) is 0 Å². The topological polar surface area (TPSA) is 0 Å². The van der Waals surface area contributed by atoms with Crippen molar-refractivity contribution < 1.29 is 0 Å². The third-order valence-electron chi connectivity index (χ3n) is 13.2. The molecule has 8 aromatic rings. The van der Waals surface area contributed by atoms with E-state index in [0.717, 1.165) is 0 Å². The molecule has 0 bridgehead atoms.